The van der Waals surface area contributed by atoms with Crippen LogP contribution in [0.2, 0.25) is 0 Å². The van der Waals surface area contributed by atoms with E-state index in [-0.39, 0.29) is 11.1 Å². The topological polar surface area (TPSA) is 91.0 Å². The molecule has 0 unspecified atom stereocenters. The molecule has 2 aromatic rings. The summed E-state index contributed by atoms with van der Waals surface area (Å²) in [6.07, 6.45) is 1.67. The fraction of sp³-hybridized carbons (Fsp3) is 0.150. The van der Waals surface area contributed by atoms with Crippen LogP contribution in [0.5, 0.6) is 11.5 Å². The van der Waals surface area contributed by atoms with Crippen molar-refractivity contribution in [2.75, 3.05) is 6.61 Å². The molecule has 0 saturated heterocycles. The summed E-state index contributed by atoms with van der Waals surface area (Å²) in [5.41, 5.74) is 7.79. The van der Waals surface area contributed by atoms with E-state index < -0.39 is 5.97 Å². The third-order valence-corrected chi connectivity index (χ3v) is 4.51. The number of esters is 1. The second-order valence-electron chi connectivity index (χ2n) is 5.76. The molecule has 0 atom stereocenters. The molecule has 3 rings (SSSR count). The van der Waals surface area contributed by atoms with Gasteiger partial charge in [0.2, 0.25) is 0 Å². The Hall–Kier alpha value is -3.06. The Balaban J connectivity index is 1.83. The highest BCUT2D eigenvalue weighted by Crippen LogP contribution is 2.32. The number of amidine groups is 1. The Morgan fingerprint density at radius 3 is 2.56 bits per heavy atom. The molecule has 138 valence electrons. The van der Waals surface area contributed by atoms with Crippen molar-refractivity contribution in [2.24, 2.45) is 10.7 Å². The van der Waals surface area contributed by atoms with Gasteiger partial charge in [0.1, 0.15) is 0 Å². The minimum absolute atomic E-state index is 0.222. The van der Waals surface area contributed by atoms with Gasteiger partial charge in [0.15, 0.2) is 16.7 Å². The van der Waals surface area contributed by atoms with E-state index in [0.29, 0.717) is 34.1 Å². The van der Waals surface area contributed by atoms with Gasteiger partial charge in [-0.15, -0.1) is 0 Å². The lowest BCUT2D eigenvalue weighted by molar-refractivity contribution is -0.113. The van der Waals surface area contributed by atoms with Gasteiger partial charge in [-0.2, -0.15) is 4.99 Å². The summed E-state index contributed by atoms with van der Waals surface area (Å²) < 4.78 is 11.1. The van der Waals surface area contributed by atoms with Crippen LogP contribution in [0.1, 0.15) is 28.4 Å². The van der Waals surface area contributed by atoms with Gasteiger partial charge in [0.05, 0.1) is 17.1 Å². The Labute approximate surface area is 161 Å². The minimum atomic E-state index is -0.468. The molecule has 27 heavy (non-hydrogen) atoms. The zero-order chi connectivity index (χ0) is 19.4. The van der Waals surface area contributed by atoms with Crippen LogP contribution in [0.15, 0.2) is 52.4 Å². The molecule has 2 aromatic carbocycles. The summed E-state index contributed by atoms with van der Waals surface area (Å²) in [6.45, 7) is 4.18. The summed E-state index contributed by atoms with van der Waals surface area (Å²) in [5, 5.41) is 0.222. The first-order valence-electron chi connectivity index (χ1n) is 8.30. The summed E-state index contributed by atoms with van der Waals surface area (Å²) in [4.78, 5) is 28.2. The van der Waals surface area contributed by atoms with Crippen molar-refractivity contribution in [3.8, 4) is 11.5 Å². The lowest BCUT2D eigenvalue weighted by Gasteiger charge is -2.11. The molecule has 0 aliphatic carbocycles. The maximum Gasteiger partial charge on any atom is 0.343 e. The second-order valence-corrected chi connectivity index (χ2v) is 6.82. The van der Waals surface area contributed by atoms with Crippen LogP contribution in [0.25, 0.3) is 6.08 Å². The predicted octanol–water partition coefficient (Wildman–Crippen LogP) is 3.54. The highest BCUT2D eigenvalue weighted by atomic mass is 32.2. The van der Waals surface area contributed by atoms with Crippen LogP contribution in [-0.2, 0) is 4.79 Å². The van der Waals surface area contributed by atoms with E-state index in [1.807, 2.05) is 26.0 Å². The maximum atomic E-state index is 12.4. The van der Waals surface area contributed by atoms with Gasteiger partial charge >= 0.3 is 5.97 Å². The summed E-state index contributed by atoms with van der Waals surface area (Å²) in [7, 11) is 0. The molecule has 2 N–H and O–H groups in total. The number of nitrogens with zero attached hydrogens (tertiary/aromatic N) is 1. The van der Waals surface area contributed by atoms with E-state index in [1.54, 1.807) is 36.4 Å². The number of hydrogen-bond acceptors (Lipinski definition) is 6. The number of aliphatic imine (C=N–C) groups is 1. The molecule has 1 amide bonds. The van der Waals surface area contributed by atoms with E-state index in [1.165, 1.54) is 0 Å². The molecule has 1 aliphatic rings. The number of aryl methyl sites for hydroxylation is 1. The zero-order valence-electron chi connectivity index (χ0n) is 14.9. The van der Waals surface area contributed by atoms with Gasteiger partial charge in [-0.3, -0.25) is 4.79 Å². The SMILES string of the molecule is CCOc1cc(/C=C2\SC(N)=NC2=O)ccc1OC(=O)c1ccc(C)cc1. The van der Waals surface area contributed by atoms with Crippen molar-refractivity contribution in [3.63, 3.8) is 0 Å². The lowest BCUT2D eigenvalue weighted by atomic mass is 10.1. The molecular formula is C20H18N2O4S. The van der Waals surface area contributed by atoms with Crippen LogP contribution in [0, 0.1) is 6.92 Å². The van der Waals surface area contributed by atoms with Gasteiger partial charge < -0.3 is 15.2 Å². The molecule has 1 heterocycles. The molecule has 0 aromatic heterocycles. The summed E-state index contributed by atoms with van der Waals surface area (Å²) in [5.74, 6) is -0.113. The van der Waals surface area contributed by atoms with Gasteiger partial charge in [0, 0.05) is 0 Å². The molecule has 0 radical (unpaired) electrons. The molecule has 1 aliphatic heterocycles. The van der Waals surface area contributed by atoms with E-state index in [0.717, 1.165) is 17.3 Å². The molecule has 7 heteroatoms. The molecule has 6 nitrogen and oxygen atoms in total. The molecular weight excluding hydrogens is 364 g/mol. The van der Waals surface area contributed by atoms with Crippen molar-refractivity contribution < 1.29 is 19.1 Å². The van der Waals surface area contributed by atoms with Crippen LogP contribution in [0.3, 0.4) is 0 Å². The van der Waals surface area contributed by atoms with Crippen LogP contribution in [0.4, 0.5) is 0 Å². The first-order chi connectivity index (χ1) is 13.0. The summed E-state index contributed by atoms with van der Waals surface area (Å²) >= 11 is 1.11. The normalized spacial score (nSPS) is 15.0. The van der Waals surface area contributed by atoms with Crippen molar-refractivity contribution in [1.82, 2.24) is 0 Å². The molecule has 0 fully saturated rings. The fourth-order valence-corrected chi connectivity index (χ4v) is 3.07. The van der Waals surface area contributed by atoms with Crippen molar-refractivity contribution in [2.45, 2.75) is 13.8 Å². The minimum Gasteiger partial charge on any atom is -0.490 e. The molecule has 0 bridgehead atoms. The number of nitrogens with two attached hydrogens (primary N) is 1. The summed E-state index contributed by atoms with van der Waals surface area (Å²) in [6, 6.07) is 12.2. The Bertz CT molecular complexity index is 949. The van der Waals surface area contributed by atoms with Gasteiger partial charge in [0.25, 0.3) is 5.91 Å². The number of amides is 1. The number of thioether (sulfide) groups is 1. The fourth-order valence-electron chi connectivity index (χ4n) is 2.39. The third kappa shape index (κ3) is 4.57. The van der Waals surface area contributed by atoms with Gasteiger partial charge in [-0.1, -0.05) is 23.8 Å². The van der Waals surface area contributed by atoms with E-state index in [4.69, 9.17) is 15.2 Å². The number of hydrogen-bond donors (Lipinski definition) is 1. The van der Waals surface area contributed by atoms with E-state index in [2.05, 4.69) is 4.99 Å². The van der Waals surface area contributed by atoms with Crippen LogP contribution in [-0.4, -0.2) is 23.7 Å². The monoisotopic (exact) mass is 382 g/mol. The van der Waals surface area contributed by atoms with Gasteiger partial charge in [-0.05, 0) is 61.5 Å². The smallest absolute Gasteiger partial charge is 0.343 e. The highest BCUT2D eigenvalue weighted by molar-refractivity contribution is 8.18. The number of carbonyl (C=O) groups excluding carboxylic acids is 2. The zero-order valence-corrected chi connectivity index (χ0v) is 15.7. The number of rotatable bonds is 5. The molecule has 0 spiro atoms. The largest absolute Gasteiger partial charge is 0.490 e. The lowest BCUT2D eigenvalue weighted by Crippen LogP contribution is -2.09. The van der Waals surface area contributed by atoms with Crippen LogP contribution < -0.4 is 15.2 Å². The average molecular weight is 382 g/mol. The molecule has 0 saturated carbocycles. The van der Waals surface area contributed by atoms with Gasteiger partial charge in [-0.25, -0.2) is 4.79 Å². The average Bonchev–Trinajstić information content (AvgIpc) is 2.95. The number of ether oxygens (including phenoxy) is 2. The first kappa shape index (κ1) is 18.7. The van der Waals surface area contributed by atoms with E-state index in [9.17, 15) is 9.59 Å². The predicted molar refractivity (Wildman–Crippen MR) is 106 cm³/mol. The van der Waals surface area contributed by atoms with Crippen LogP contribution >= 0.6 is 11.8 Å². The van der Waals surface area contributed by atoms with E-state index >= 15 is 0 Å². The van der Waals surface area contributed by atoms with Crippen molar-refractivity contribution in [1.29, 1.82) is 0 Å². The number of benzene rings is 2. The Morgan fingerprint density at radius 2 is 1.93 bits per heavy atom. The van der Waals surface area contributed by atoms with Crippen molar-refractivity contribution >= 4 is 34.9 Å². The number of carbonyl (C=O) groups is 2. The van der Waals surface area contributed by atoms with Crippen molar-refractivity contribution in [3.05, 3.63) is 64.1 Å². The Morgan fingerprint density at radius 1 is 1.19 bits per heavy atom. The quantitative estimate of drug-likeness (QED) is 0.483. The Kier molecular flexibility index (Phi) is 5.61. The third-order valence-electron chi connectivity index (χ3n) is 3.69. The highest BCUT2D eigenvalue weighted by Gasteiger charge is 2.20. The maximum absolute atomic E-state index is 12.4. The standard InChI is InChI=1S/C20H18N2O4S/c1-3-25-16-10-13(11-17-18(23)22-20(21)27-17)6-9-15(16)26-19(24)14-7-4-12(2)5-8-14/h4-11H,3H2,1-2H3,(H2,21,22,23)/b17-11-. The second kappa shape index (κ2) is 8.09. The first-order valence-corrected chi connectivity index (χ1v) is 9.11.